The number of rotatable bonds is 0. The van der Waals surface area contributed by atoms with Gasteiger partial charge in [0.05, 0.1) is 13.2 Å². The molecule has 0 aliphatic carbocycles. The molecule has 2 fully saturated rings. The number of carbonyl (C=O) groups is 1. The molecule has 2 aliphatic heterocycles. The van der Waals surface area contributed by atoms with Crippen LogP contribution in [0.3, 0.4) is 0 Å². The quantitative estimate of drug-likeness (QED) is 0.530. The Labute approximate surface area is 78.7 Å². The molecular formula is C9H17NO3. The Morgan fingerprint density at radius 3 is 1.92 bits per heavy atom. The maximum atomic E-state index is 10.5. The first-order valence-corrected chi connectivity index (χ1v) is 4.79. The number of hydrogen-bond acceptors (Lipinski definition) is 3. The summed E-state index contributed by atoms with van der Waals surface area (Å²) in [4.78, 5) is 21.4. The Morgan fingerprint density at radius 1 is 1.15 bits per heavy atom. The minimum atomic E-state index is 0.292. The zero-order chi connectivity index (χ0) is 9.52. The van der Waals surface area contributed by atoms with Gasteiger partial charge in [-0.05, 0) is 19.3 Å². The Balaban J connectivity index is 0.000000132. The van der Waals surface area contributed by atoms with E-state index in [-0.39, 0.29) is 0 Å². The number of likely N-dealkylation sites (tertiary alicyclic amines) is 1. The second kappa shape index (κ2) is 5.94. The van der Waals surface area contributed by atoms with E-state index in [1.165, 1.54) is 0 Å². The van der Waals surface area contributed by atoms with Gasteiger partial charge in [-0.3, -0.25) is 4.79 Å². The number of amides is 1. The summed E-state index contributed by atoms with van der Waals surface area (Å²) in [6, 6.07) is 0. The van der Waals surface area contributed by atoms with Crippen LogP contribution in [0.2, 0.25) is 0 Å². The molecule has 0 N–H and O–H groups in total. The third-order valence-electron chi connectivity index (χ3n) is 2.10. The molecule has 0 aromatic carbocycles. The first kappa shape index (κ1) is 10.5. The van der Waals surface area contributed by atoms with Crippen molar-refractivity contribution < 1.29 is 14.6 Å². The van der Waals surface area contributed by atoms with E-state index in [1.54, 1.807) is 4.90 Å². The Bertz CT molecular complexity index is 145. The van der Waals surface area contributed by atoms with Crippen molar-refractivity contribution in [3.8, 4) is 0 Å². The van der Waals surface area contributed by atoms with Crippen molar-refractivity contribution in [2.24, 2.45) is 0 Å². The van der Waals surface area contributed by atoms with Crippen LogP contribution in [0.15, 0.2) is 0 Å². The molecule has 2 saturated heterocycles. The summed E-state index contributed by atoms with van der Waals surface area (Å²) in [5.41, 5.74) is 0. The standard InChI is InChI=1S/C5H9NO.C4H8O2/c1-6-4-2-3-5(6)7;1-2-4-6-5-3-1/h2-4H2,1H3;1-4H2. The molecule has 0 atom stereocenters. The van der Waals surface area contributed by atoms with E-state index in [1.807, 2.05) is 7.05 Å². The maximum absolute atomic E-state index is 10.5. The Morgan fingerprint density at radius 2 is 1.77 bits per heavy atom. The summed E-state index contributed by atoms with van der Waals surface area (Å²) in [6.07, 6.45) is 4.12. The number of nitrogens with zero attached hydrogens (tertiary/aromatic N) is 1. The molecular weight excluding hydrogens is 170 g/mol. The van der Waals surface area contributed by atoms with Crippen LogP contribution in [-0.2, 0) is 14.6 Å². The molecule has 0 saturated carbocycles. The predicted molar refractivity (Wildman–Crippen MR) is 48.0 cm³/mol. The van der Waals surface area contributed by atoms with Crippen LogP contribution in [0, 0.1) is 0 Å². The molecule has 2 aliphatic rings. The van der Waals surface area contributed by atoms with E-state index < -0.39 is 0 Å². The molecule has 0 bridgehead atoms. The second-order valence-electron chi connectivity index (χ2n) is 3.27. The van der Waals surface area contributed by atoms with Crippen molar-refractivity contribution in [1.29, 1.82) is 0 Å². The van der Waals surface area contributed by atoms with Gasteiger partial charge in [0.2, 0.25) is 5.91 Å². The first-order valence-electron chi connectivity index (χ1n) is 4.79. The first-order chi connectivity index (χ1) is 6.30. The fraction of sp³-hybridized carbons (Fsp3) is 0.889. The lowest BCUT2D eigenvalue weighted by Gasteiger charge is -2.07. The monoisotopic (exact) mass is 187 g/mol. The van der Waals surface area contributed by atoms with E-state index in [4.69, 9.17) is 0 Å². The fourth-order valence-corrected chi connectivity index (χ4v) is 1.22. The highest BCUT2D eigenvalue weighted by atomic mass is 17.2. The zero-order valence-corrected chi connectivity index (χ0v) is 8.12. The van der Waals surface area contributed by atoms with Gasteiger partial charge in [0, 0.05) is 20.0 Å². The molecule has 2 rings (SSSR count). The van der Waals surface area contributed by atoms with Crippen LogP contribution in [0.1, 0.15) is 25.7 Å². The summed E-state index contributed by atoms with van der Waals surface area (Å²) in [5, 5.41) is 0. The van der Waals surface area contributed by atoms with Gasteiger partial charge in [0.25, 0.3) is 0 Å². The topological polar surface area (TPSA) is 38.8 Å². The van der Waals surface area contributed by atoms with Crippen LogP contribution in [0.25, 0.3) is 0 Å². The molecule has 0 radical (unpaired) electrons. The van der Waals surface area contributed by atoms with E-state index in [9.17, 15) is 4.79 Å². The van der Waals surface area contributed by atoms with Gasteiger partial charge in [-0.1, -0.05) is 0 Å². The van der Waals surface area contributed by atoms with E-state index >= 15 is 0 Å². The lowest BCUT2D eigenvalue weighted by molar-refractivity contribution is -0.312. The lowest BCUT2D eigenvalue weighted by Crippen LogP contribution is -2.17. The van der Waals surface area contributed by atoms with Crippen molar-refractivity contribution in [1.82, 2.24) is 4.90 Å². The Hall–Kier alpha value is -0.610. The fourth-order valence-electron chi connectivity index (χ4n) is 1.22. The van der Waals surface area contributed by atoms with Gasteiger partial charge in [-0.15, -0.1) is 0 Å². The van der Waals surface area contributed by atoms with Crippen molar-refractivity contribution in [3.05, 3.63) is 0 Å². The predicted octanol–water partition coefficient (Wildman–Crippen LogP) is 0.967. The van der Waals surface area contributed by atoms with Crippen molar-refractivity contribution in [3.63, 3.8) is 0 Å². The van der Waals surface area contributed by atoms with Crippen molar-refractivity contribution in [2.75, 3.05) is 26.8 Å². The molecule has 1 amide bonds. The van der Waals surface area contributed by atoms with Crippen LogP contribution in [0.5, 0.6) is 0 Å². The summed E-state index contributed by atoms with van der Waals surface area (Å²) >= 11 is 0. The van der Waals surface area contributed by atoms with E-state index in [0.29, 0.717) is 5.91 Å². The van der Waals surface area contributed by atoms with Crippen molar-refractivity contribution in [2.45, 2.75) is 25.7 Å². The summed E-state index contributed by atoms with van der Waals surface area (Å²) in [6.45, 7) is 2.51. The summed E-state index contributed by atoms with van der Waals surface area (Å²) < 4.78 is 0. The second-order valence-corrected chi connectivity index (χ2v) is 3.27. The number of carbonyl (C=O) groups excluding carboxylic acids is 1. The molecule has 0 spiro atoms. The lowest BCUT2D eigenvalue weighted by atomic mass is 10.3. The molecule has 0 aromatic rings. The molecule has 13 heavy (non-hydrogen) atoms. The number of hydrogen-bond donors (Lipinski definition) is 0. The van der Waals surface area contributed by atoms with E-state index in [0.717, 1.165) is 45.4 Å². The molecule has 0 aromatic heterocycles. The highest BCUT2D eigenvalue weighted by Gasteiger charge is 2.14. The van der Waals surface area contributed by atoms with Gasteiger partial charge >= 0.3 is 0 Å². The van der Waals surface area contributed by atoms with Crippen LogP contribution >= 0.6 is 0 Å². The summed E-state index contributed by atoms with van der Waals surface area (Å²) in [7, 11) is 1.84. The average molecular weight is 187 g/mol. The third-order valence-corrected chi connectivity index (χ3v) is 2.10. The highest BCUT2D eigenvalue weighted by Crippen LogP contribution is 2.04. The minimum absolute atomic E-state index is 0.292. The Kier molecular flexibility index (Phi) is 4.78. The largest absolute Gasteiger partial charge is 0.346 e. The SMILES string of the molecule is C1CCOOC1.CN1CCCC1=O. The van der Waals surface area contributed by atoms with Gasteiger partial charge in [0.15, 0.2) is 0 Å². The van der Waals surface area contributed by atoms with Crippen LogP contribution in [-0.4, -0.2) is 37.6 Å². The average Bonchev–Trinajstić information content (AvgIpc) is 2.55. The smallest absolute Gasteiger partial charge is 0.222 e. The maximum Gasteiger partial charge on any atom is 0.222 e. The molecule has 2 heterocycles. The van der Waals surface area contributed by atoms with Gasteiger partial charge in [0.1, 0.15) is 0 Å². The molecule has 4 heteroatoms. The van der Waals surface area contributed by atoms with Crippen molar-refractivity contribution >= 4 is 5.91 Å². The van der Waals surface area contributed by atoms with Gasteiger partial charge in [-0.25, -0.2) is 9.78 Å². The third kappa shape index (κ3) is 4.24. The molecule has 4 nitrogen and oxygen atoms in total. The van der Waals surface area contributed by atoms with Crippen LogP contribution in [0.4, 0.5) is 0 Å². The van der Waals surface area contributed by atoms with E-state index in [2.05, 4.69) is 9.78 Å². The highest BCUT2D eigenvalue weighted by molar-refractivity contribution is 5.77. The minimum Gasteiger partial charge on any atom is -0.346 e. The van der Waals surface area contributed by atoms with Gasteiger partial charge in [-0.2, -0.15) is 0 Å². The molecule has 0 unspecified atom stereocenters. The van der Waals surface area contributed by atoms with Gasteiger partial charge < -0.3 is 4.90 Å². The normalized spacial score (nSPS) is 22.5. The summed E-state index contributed by atoms with van der Waals surface area (Å²) in [5.74, 6) is 0.292. The molecule has 76 valence electrons. The van der Waals surface area contributed by atoms with Crippen LogP contribution < -0.4 is 0 Å². The zero-order valence-electron chi connectivity index (χ0n) is 8.12.